The molecule has 0 saturated heterocycles. The number of rotatable bonds is 7. The molecule has 0 aromatic heterocycles. The van der Waals surface area contributed by atoms with Gasteiger partial charge in [-0.2, -0.15) is 0 Å². The molecule has 0 amide bonds. The quantitative estimate of drug-likeness (QED) is 0.770. The molecule has 0 aliphatic heterocycles. The second-order valence-electron chi connectivity index (χ2n) is 4.19. The minimum atomic E-state index is 0.722. The Balaban J connectivity index is 1.84. The Morgan fingerprint density at radius 1 is 0.842 bits per heavy atom. The summed E-state index contributed by atoms with van der Waals surface area (Å²) in [5.41, 5.74) is 0. The lowest BCUT2D eigenvalue weighted by atomic mass is 10.3. The molecule has 0 atom stereocenters. The first-order valence-electron chi connectivity index (χ1n) is 6.49. The summed E-state index contributed by atoms with van der Waals surface area (Å²) in [7, 11) is 1.94. The average Bonchev–Trinajstić information content (AvgIpc) is 2.46. The van der Waals surface area contributed by atoms with Gasteiger partial charge in [0, 0.05) is 0 Å². The van der Waals surface area contributed by atoms with Gasteiger partial charge in [0.1, 0.15) is 17.2 Å². The fourth-order valence-electron chi connectivity index (χ4n) is 1.67. The Hall–Kier alpha value is -2.00. The number of hydrogen-bond acceptors (Lipinski definition) is 3. The van der Waals surface area contributed by atoms with Gasteiger partial charge in [-0.1, -0.05) is 18.2 Å². The summed E-state index contributed by atoms with van der Waals surface area (Å²) < 4.78 is 11.3. The normalized spacial score (nSPS) is 10.2. The van der Waals surface area contributed by atoms with E-state index < -0.39 is 0 Å². The Kier molecular flexibility index (Phi) is 5.26. The van der Waals surface area contributed by atoms with Gasteiger partial charge in [0.15, 0.2) is 0 Å². The molecule has 3 nitrogen and oxygen atoms in total. The summed E-state index contributed by atoms with van der Waals surface area (Å²) >= 11 is 0. The van der Waals surface area contributed by atoms with Crippen LogP contribution in [0.3, 0.4) is 0 Å². The van der Waals surface area contributed by atoms with Crippen LogP contribution >= 0.6 is 0 Å². The van der Waals surface area contributed by atoms with E-state index in [-0.39, 0.29) is 0 Å². The van der Waals surface area contributed by atoms with Crippen LogP contribution in [0.1, 0.15) is 6.42 Å². The molecule has 2 rings (SSSR count). The molecule has 0 saturated carbocycles. The molecule has 3 heteroatoms. The van der Waals surface area contributed by atoms with E-state index in [0.29, 0.717) is 0 Å². The number of hydrogen-bond donors (Lipinski definition) is 1. The lowest BCUT2D eigenvalue weighted by Crippen LogP contribution is -2.11. The van der Waals surface area contributed by atoms with Crippen LogP contribution in [0, 0.1) is 0 Å². The van der Waals surface area contributed by atoms with E-state index >= 15 is 0 Å². The summed E-state index contributed by atoms with van der Waals surface area (Å²) in [6, 6.07) is 17.4. The maximum atomic E-state index is 5.71. The maximum absolute atomic E-state index is 5.71. The minimum Gasteiger partial charge on any atom is -0.494 e. The molecule has 2 aromatic rings. The Morgan fingerprint density at radius 3 is 2.16 bits per heavy atom. The second-order valence-corrected chi connectivity index (χ2v) is 4.19. The number of ether oxygens (including phenoxy) is 2. The summed E-state index contributed by atoms with van der Waals surface area (Å²) in [4.78, 5) is 0. The molecule has 0 aliphatic carbocycles. The Bertz CT molecular complexity index is 468. The smallest absolute Gasteiger partial charge is 0.127 e. The number of nitrogens with one attached hydrogen (secondary N) is 1. The van der Waals surface area contributed by atoms with Crippen molar-refractivity contribution in [2.24, 2.45) is 0 Å². The average molecular weight is 257 g/mol. The van der Waals surface area contributed by atoms with E-state index in [0.717, 1.165) is 36.8 Å². The number of benzene rings is 2. The molecule has 0 unspecified atom stereocenters. The van der Waals surface area contributed by atoms with Gasteiger partial charge in [0.05, 0.1) is 6.61 Å². The van der Waals surface area contributed by atoms with Gasteiger partial charge in [-0.3, -0.25) is 0 Å². The highest BCUT2D eigenvalue weighted by Crippen LogP contribution is 2.23. The molecule has 19 heavy (non-hydrogen) atoms. The van der Waals surface area contributed by atoms with Gasteiger partial charge < -0.3 is 14.8 Å². The van der Waals surface area contributed by atoms with Crippen LogP contribution in [0.2, 0.25) is 0 Å². The predicted molar refractivity (Wildman–Crippen MR) is 77.0 cm³/mol. The highest BCUT2D eigenvalue weighted by Gasteiger charge is 1.98. The molecule has 2 aromatic carbocycles. The predicted octanol–water partition coefficient (Wildman–Crippen LogP) is 3.47. The highest BCUT2D eigenvalue weighted by atomic mass is 16.5. The van der Waals surface area contributed by atoms with E-state index in [9.17, 15) is 0 Å². The highest BCUT2D eigenvalue weighted by molar-refractivity contribution is 5.35. The zero-order valence-electron chi connectivity index (χ0n) is 11.1. The molecular weight excluding hydrogens is 238 g/mol. The number of para-hydroxylation sites is 1. The van der Waals surface area contributed by atoms with Crippen molar-refractivity contribution in [1.29, 1.82) is 0 Å². The first-order valence-corrected chi connectivity index (χ1v) is 6.49. The van der Waals surface area contributed by atoms with Crippen molar-refractivity contribution in [3.05, 3.63) is 54.6 Å². The summed E-state index contributed by atoms with van der Waals surface area (Å²) in [6.45, 7) is 1.69. The molecule has 0 heterocycles. The third-order valence-electron chi connectivity index (χ3n) is 2.64. The maximum Gasteiger partial charge on any atom is 0.127 e. The molecule has 0 aliphatic rings. The third kappa shape index (κ3) is 4.64. The lowest BCUT2D eigenvalue weighted by molar-refractivity contribution is 0.309. The van der Waals surface area contributed by atoms with E-state index in [1.54, 1.807) is 0 Å². The largest absolute Gasteiger partial charge is 0.494 e. The van der Waals surface area contributed by atoms with Crippen LogP contribution in [-0.4, -0.2) is 20.2 Å². The van der Waals surface area contributed by atoms with Crippen LogP contribution in [0.15, 0.2) is 54.6 Å². The fourth-order valence-corrected chi connectivity index (χ4v) is 1.67. The summed E-state index contributed by atoms with van der Waals surface area (Å²) in [6.07, 6.45) is 0.999. The minimum absolute atomic E-state index is 0.722. The van der Waals surface area contributed by atoms with E-state index in [2.05, 4.69) is 5.32 Å². The molecule has 0 radical (unpaired) electrons. The van der Waals surface area contributed by atoms with Crippen molar-refractivity contribution in [3.63, 3.8) is 0 Å². The van der Waals surface area contributed by atoms with E-state index in [4.69, 9.17) is 9.47 Å². The van der Waals surface area contributed by atoms with Crippen LogP contribution in [0.5, 0.6) is 17.2 Å². The van der Waals surface area contributed by atoms with E-state index in [1.807, 2.05) is 61.6 Å². The van der Waals surface area contributed by atoms with Crippen LogP contribution < -0.4 is 14.8 Å². The van der Waals surface area contributed by atoms with Crippen molar-refractivity contribution in [2.45, 2.75) is 6.42 Å². The van der Waals surface area contributed by atoms with Gasteiger partial charge in [-0.15, -0.1) is 0 Å². The first-order chi connectivity index (χ1) is 9.38. The summed E-state index contributed by atoms with van der Waals surface area (Å²) in [5.74, 6) is 2.52. The lowest BCUT2D eigenvalue weighted by Gasteiger charge is -2.08. The van der Waals surface area contributed by atoms with Gasteiger partial charge >= 0.3 is 0 Å². The monoisotopic (exact) mass is 257 g/mol. The molecule has 100 valence electrons. The van der Waals surface area contributed by atoms with Crippen LogP contribution in [0.25, 0.3) is 0 Å². The Labute approximate surface area is 114 Å². The fraction of sp³-hybridized carbons (Fsp3) is 0.250. The molecule has 0 bridgehead atoms. The van der Waals surface area contributed by atoms with Crippen molar-refractivity contribution >= 4 is 0 Å². The summed E-state index contributed by atoms with van der Waals surface area (Å²) in [5, 5.41) is 3.09. The molecule has 1 N–H and O–H groups in total. The van der Waals surface area contributed by atoms with Gasteiger partial charge in [-0.25, -0.2) is 0 Å². The standard InChI is InChI=1S/C16H19NO2/c1-17-12-5-13-18-14-8-10-16(11-9-14)19-15-6-3-2-4-7-15/h2-4,6-11,17H,5,12-13H2,1H3. The van der Waals surface area contributed by atoms with Crippen molar-refractivity contribution in [2.75, 3.05) is 20.2 Å². The molecular formula is C16H19NO2. The van der Waals surface area contributed by atoms with Crippen LogP contribution in [0.4, 0.5) is 0 Å². The molecule has 0 fully saturated rings. The van der Waals surface area contributed by atoms with Gasteiger partial charge in [0.25, 0.3) is 0 Å². The van der Waals surface area contributed by atoms with Gasteiger partial charge in [0.2, 0.25) is 0 Å². The topological polar surface area (TPSA) is 30.5 Å². The van der Waals surface area contributed by atoms with Crippen molar-refractivity contribution in [1.82, 2.24) is 5.32 Å². The van der Waals surface area contributed by atoms with E-state index in [1.165, 1.54) is 0 Å². The van der Waals surface area contributed by atoms with Crippen molar-refractivity contribution < 1.29 is 9.47 Å². The van der Waals surface area contributed by atoms with Crippen molar-refractivity contribution in [3.8, 4) is 17.2 Å². The Morgan fingerprint density at radius 2 is 1.47 bits per heavy atom. The van der Waals surface area contributed by atoms with Gasteiger partial charge in [-0.05, 0) is 56.4 Å². The SMILES string of the molecule is CNCCCOc1ccc(Oc2ccccc2)cc1. The molecule has 0 spiro atoms. The second kappa shape index (κ2) is 7.44. The first kappa shape index (κ1) is 13.4. The zero-order valence-corrected chi connectivity index (χ0v) is 11.1. The van der Waals surface area contributed by atoms with Crippen LogP contribution in [-0.2, 0) is 0 Å². The third-order valence-corrected chi connectivity index (χ3v) is 2.64. The zero-order chi connectivity index (χ0) is 13.3.